The van der Waals surface area contributed by atoms with Crippen molar-refractivity contribution in [3.63, 3.8) is 0 Å². The first-order chi connectivity index (χ1) is 26.3. The first-order valence-electron chi connectivity index (χ1n) is 24.4. The van der Waals surface area contributed by atoms with Gasteiger partial charge in [-0.3, -0.25) is 42.5 Å². The van der Waals surface area contributed by atoms with Gasteiger partial charge in [0.25, 0.3) is 0 Å². The highest BCUT2D eigenvalue weighted by Crippen LogP contribution is 2.66. The van der Waals surface area contributed by atoms with Crippen molar-refractivity contribution in [1.82, 2.24) is 42.5 Å². The number of fused-ring (bicyclic) bond motifs is 20. The molecule has 328 valence electrons. The zero-order valence-electron chi connectivity index (χ0n) is 38.0. The second-order valence-electron chi connectivity index (χ2n) is 25.7. The maximum atomic E-state index is 4.56. The SMILES string of the molecule is CC(C)(C)C1C2C3NC4NC(NC5NC(NC6NC(NC(N3)C2C(C(C)(C)C)C(C(C)(C)C)C1C(C)(C)C)C1CCCCC61)C1CCCCC51)C1CCCCC41.[SiH4]. The van der Waals surface area contributed by atoms with Crippen molar-refractivity contribution in [3.05, 3.63) is 0 Å². The van der Waals surface area contributed by atoms with Crippen LogP contribution < -0.4 is 42.5 Å². The van der Waals surface area contributed by atoms with Crippen molar-refractivity contribution in [2.45, 2.75) is 209 Å². The van der Waals surface area contributed by atoms with E-state index in [4.69, 9.17) is 0 Å². The average molecular weight is 809 g/mol. The molecule has 5 aliphatic heterocycles. The van der Waals surface area contributed by atoms with Gasteiger partial charge in [0, 0.05) is 0 Å². The van der Waals surface area contributed by atoms with Crippen LogP contribution in [0, 0.1) is 92.7 Å². The van der Waals surface area contributed by atoms with Crippen LogP contribution in [-0.2, 0) is 0 Å². The van der Waals surface area contributed by atoms with E-state index in [1.54, 1.807) is 0 Å². The number of hydrogen-bond donors (Lipinski definition) is 8. The Bertz CT molecular complexity index is 1290. The molecule has 0 aromatic carbocycles. The predicted octanol–water partition coefficient (Wildman–Crippen LogP) is 6.24. The Labute approximate surface area is 354 Å². The standard InChI is InChI=1S/C48H88N8.H4Si/c1-45(2,3)33-31-32(34(46(4,5)6)36(48(10,11)12)35(33)47(7,8)9)44-55-42-30-24-18-16-22-28(30)40(53-42)51-38-26-20-14-13-19-25(26)37(49-38)50-39-27-21-15-17-23-29(27)41(52-39)54-43(31)56-44;/h25-44,49-56H,13-24H2,1-12H3;1H4. The molecule has 20 unspecified atom stereocenters. The molecule has 0 aromatic heterocycles. The van der Waals surface area contributed by atoms with Gasteiger partial charge in [-0.25, -0.2) is 0 Å². The first-order valence-corrected chi connectivity index (χ1v) is 24.4. The van der Waals surface area contributed by atoms with Crippen molar-refractivity contribution >= 4 is 11.0 Å². The highest BCUT2D eigenvalue weighted by molar-refractivity contribution is 5.75. The molecule has 9 aliphatic rings. The fraction of sp³-hybridized carbons (Fsp3) is 1.00. The van der Waals surface area contributed by atoms with E-state index in [0.717, 1.165) is 0 Å². The summed E-state index contributed by atoms with van der Waals surface area (Å²) in [5, 5.41) is 35.4. The van der Waals surface area contributed by atoms with E-state index >= 15 is 0 Å². The molecule has 4 saturated carbocycles. The number of hydrogen-bond acceptors (Lipinski definition) is 8. The van der Waals surface area contributed by atoms with Gasteiger partial charge < -0.3 is 0 Å². The molecule has 0 amide bonds. The topological polar surface area (TPSA) is 96.2 Å². The van der Waals surface area contributed by atoms with Crippen molar-refractivity contribution in [2.75, 3.05) is 0 Å². The predicted molar refractivity (Wildman–Crippen MR) is 242 cm³/mol. The molecule has 5 heterocycles. The quantitative estimate of drug-likeness (QED) is 0.137. The minimum absolute atomic E-state index is 0. The fourth-order valence-corrected chi connectivity index (χ4v) is 16.6. The van der Waals surface area contributed by atoms with E-state index < -0.39 is 0 Å². The molecule has 8 bridgehead atoms. The average Bonchev–Trinajstić information content (AvgIpc) is 3.84. The molecule has 9 rings (SSSR count). The molecule has 5 saturated heterocycles. The molecule has 20 atom stereocenters. The lowest BCUT2D eigenvalue weighted by atomic mass is 9.40. The molecule has 0 aromatic rings. The number of rotatable bonds is 0. The monoisotopic (exact) mass is 809 g/mol. The van der Waals surface area contributed by atoms with E-state index in [1.165, 1.54) is 77.0 Å². The summed E-state index contributed by atoms with van der Waals surface area (Å²) < 4.78 is 0. The summed E-state index contributed by atoms with van der Waals surface area (Å²) in [6.07, 6.45) is 18.9. The van der Waals surface area contributed by atoms with Crippen LogP contribution in [0.3, 0.4) is 0 Å². The van der Waals surface area contributed by atoms with Crippen molar-refractivity contribution in [3.8, 4) is 0 Å². The Morgan fingerprint density at radius 3 is 0.632 bits per heavy atom. The normalized spacial score (nSPS) is 50.3. The molecule has 4 aliphatic carbocycles. The lowest BCUT2D eigenvalue weighted by molar-refractivity contribution is -0.168. The maximum absolute atomic E-state index is 4.56. The fourth-order valence-electron chi connectivity index (χ4n) is 16.6. The zero-order valence-corrected chi connectivity index (χ0v) is 38.0. The summed E-state index contributed by atoms with van der Waals surface area (Å²) in [5.74, 6) is 7.49. The summed E-state index contributed by atoms with van der Waals surface area (Å²) in [7, 11) is 0. The summed E-state index contributed by atoms with van der Waals surface area (Å²) in [6, 6.07) is 0. The molecule has 0 radical (unpaired) electrons. The third-order valence-electron chi connectivity index (χ3n) is 18.3. The number of nitrogens with one attached hydrogen (secondary N) is 8. The highest BCUT2D eigenvalue weighted by atomic mass is 28.1. The smallest absolute Gasteiger partial charge is 0.0631 e. The van der Waals surface area contributed by atoms with E-state index in [9.17, 15) is 0 Å². The van der Waals surface area contributed by atoms with Crippen LogP contribution in [0.5, 0.6) is 0 Å². The van der Waals surface area contributed by atoms with Gasteiger partial charge >= 0.3 is 0 Å². The molecule has 57 heavy (non-hydrogen) atoms. The summed E-state index contributed by atoms with van der Waals surface area (Å²) in [6.45, 7) is 31.2. The van der Waals surface area contributed by atoms with Gasteiger partial charge in [-0.2, -0.15) is 0 Å². The third-order valence-corrected chi connectivity index (χ3v) is 18.3. The molecular formula is C48H92N8Si. The highest BCUT2D eigenvalue weighted by Gasteiger charge is 2.67. The van der Waals surface area contributed by atoms with Crippen LogP contribution in [0.4, 0.5) is 0 Å². The van der Waals surface area contributed by atoms with E-state index in [2.05, 4.69) is 126 Å². The summed E-state index contributed by atoms with van der Waals surface area (Å²) in [5.41, 5.74) is 0.712. The second-order valence-corrected chi connectivity index (χ2v) is 25.7. The second kappa shape index (κ2) is 15.6. The molecule has 0 spiro atoms. The van der Waals surface area contributed by atoms with Crippen LogP contribution >= 0.6 is 0 Å². The minimum Gasteiger partial charge on any atom is -0.286 e. The van der Waals surface area contributed by atoms with Crippen LogP contribution in [0.25, 0.3) is 0 Å². The zero-order chi connectivity index (χ0) is 39.7. The van der Waals surface area contributed by atoms with Gasteiger partial charge in [-0.1, -0.05) is 122 Å². The first kappa shape index (κ1) is 43.5. The Balaban J connectivity index is 0.00000455. The molecule has 9 heteroatoms. The minimum atomic E-state index is 0. The summed E-state index contributed by atoms with van der Waals surface area (Å²) in [4.78, 5) is 0. The van der Waals surface area contributed by atoms with E-state index in [-0.39, 0.29) is 45.0 Å². The third kappa shape index (κ3) is 7.73. The van der Waals surface area contributed by atoms with Gasteiger partial charge in [0.1, 0.15) is 0 Å². The maximum Gasteiger partial charge on any atom is 0.0631 e. The lowest BCUT2D eigenvalue weighted by Gasteiger charge is -2.64. The Hall–Kier alpha value is -0.103. The van der Waals surface area contributed by atoms with E-state index in [1.807, 2.05) is 0 Å². The van der Waals surface area contributed by atoms with Crippen molar-refractivity contribution in [1.29, 1.82) is 0 Å². The molecular weight excluding hydrogens is 717 g/mol. The van der Waals surface area contributed by atoms with Crippen LogP contribution in [0.15, 0.2) is 0 Å². The Morgan fingerprint density at radius 2 is 0.439 bits per heavy atom. The molecule has 8 N–H and O–H groups in total. The van der Waals surface area contributed by atoms with Crippen LogP contribution in [0.2, 0.25) is 0 Å². The van der Waals surface area contributed by atoms with Crippen LogP contribution in [0.1, 0.15) is 160 Å². The Morgan fingerprint density at radius 1 is 0.263 bits per heavy atom. The molecule has 8 nitrogen and oxygen atoms in total. The van der Waals surface area contributed by atoms with Gasteiger partial charge in [0.15, 0.2) is 0 Å². The van der Waals surface area contributed by atoms with Gasteiger partial charge in [0.05, 0.1) is 49.3 Å². The van der Waals surface area contributed by atoms with Gasteiger partial charge in [-0.15, -0.1) is 0 Å². The van der Waals surface area contributed by atoms with Crippen molar-refractivity contribution in [2.24, 2.45) is 92.7 Å². The van der Waals surface area contributed by atoms with Gasteiger partial charge in [0.2, 0.25) is 0 Å². The van der Waals surface area contributed by atoms with Crippen LogP contribution in [-0.4, -0.2) is 60.3 Å². The summed E-state index contributed by atoms with van der Waals surface area (Å²) >= 11 is 0. The van der Waals surface area contributed by atoms with E-state index in [0.29, 0.717) is 108 Å². The largest absolute Gasteiger partial charge is 0.286 e. The van der Waals surface area contributed by atoms with Gasteiger partial charge in [-0.05, 0) is 142 Å². The Kier molecular flexibility index (Phi) is 11.9. The van der Waals surface area contributed by atoms with Crippen molar-refractivity contribution < 1.29 is 0 Å². The lowest BCUT2D eigenvalue weighted by Crippen LogP contribution is -2.64. The molecule has 9 fully saturated rings.